The van der Waals surface area contributed by atoms with Crippen LogP contribution in [0.4, 0.5) is 0 Å². The van der Waals surface area contributed by atoms with Crippen LogP contribution in [-0.4, -0.2) is 29.9 Å². The molecule has 0 bridgehead atoms. The summed E-state index contributed by atoms with van der Waals surface area (Å²) in [5.74, 6) is 0.517. The number of hydrogen-bond acceptors (Lipinski definition) is 6. The quantitative estimate of drug-likeness (QED) is 0.0846. The van der Waals surface area contributed by atoms with Gasteiger partial charge in [-0.25, -0.2) is 17.7 Å². The maximum atomic E-state index is 5.07. The number of benzene rings is 13. The molecular formula is C102H62Ir2N6. The van der Waals surface area contributed by atoms with Gasteiger partial charge in [-0.2, -0.15) is 5.56 Å². The molecule has 0 saturated heterocycles. The average Bonchev–Trinajstić information content (AvgIpc) is 0.771. The number of hydrogen-bond donors (Lipinski definition) is 0. The molecule has 0 aliphatic heterocycles. The third kappa shape index (κ3) is 14.9. The van der Waals surface area contributed by atoms with Crippen molar-refractivity contribution in [2.24, 2.45) is 0 Å². The predicted octanol–water partition coefficient (Wildman–Crippen LogP) is 25.2. The summed E-state index contributed by atoms with van der Waals surface area (Å²) in [7, 11) is 0. The Morgan fingerprint density at radius 2 is 0.382 bits per heavy atom. The molecule has 6 nitrogen and oxygen atoms in total. The van der Waals surface area contributed by atoms with Crippen LogP contribution in [0.15, 0.2) is 377 Å². The Morgan fingerprint density at radius 1 is 0.173 bits per heavy atom. The molecule has 0 unspecified atom stereocenters. The SMILES string of the molecule is [Ir+3].[Ir+3].[c-]1cc(-c2ccccc2-c2cc(-c3ccccc3-c3ccc(-c4[c-]cccc4)nc3)cc(-c3ccccc3-c3ccc(-c4[c-]cccc4)nc3)c2)c[c-]c1-c1ncc(-c2ccccc2-c2cc(-c3ccccc3-c3ccc(-c4[c-]cccc4)nc3)cc(-c3ccccc3-c3ccc(-c4[c-]cccc4)nc3)c2)cn1. The van der Waals surface area contributed by atoms with Crippen molar-refractivity contribution in [3.63, 3.8) is 0 Å². The van der Waals surface area contributed by atoms with Gasteiger partial charge >= 0.3 is 40.2 Å². The summed E-state index contributed by atoms with van der Waals surface area (Å²) in [6.45, 7) is 0. The monoisotopic (exact) mass is 1760 g/mol. The van der Waals surface area contributed by atoms with E-state index in [2.05, 4.69) is 267 Å². The predicted molar refractivity (Wildman–Crippen MR) is 439 cm³/mol. The summed E-state index contributed by atoms with van der Waals surface area (Å²) >= 11 is 0. The van der Waals surface area contributed by atoms with Gasteiger partial charge in [0.1, 0.15) is 0 Å². The first-order valence-electron chi connectivity index (χ1n) is 35.9. The fraction of sp³-hybridized carbons (Fsp3) is 0. The fourth-order valence-electron chi connectivity index (χ4n) is 14.4. The molecule has 18 aromatic rings. The smallest absolute Gasteiger partial charge is 0.332 e. The van der Waals surface area contributed by atoms with E-state index in [-0.39, 0.29) is 40.2 Å². The van der Waals surface area contributed by atoms with E-state index in [1.807, 2.05) is 146 Å². The van der Waals surface area contributed by atoms with E-state index in [1.54, 1.807) is 0 Å². The third-order valence-corrected chi connectivity index (χ3v) is 19.8. The van der Waals surface area contributed by atoms with Crippen molar-refractivity contribution in [2.45, 2.75) is 0 Å². The van der Waals surface area contributed by atoms with Crippen molar-refractivity contribution in [3.05, 3.63) is 413 Å². The molecule has 0 fully saturated rings. The van der Waals surface area contributed by atoms with Crippen molar-refractivity contribution in [1.29, 1.82) is 0 Å². The van der Waals surface area contributed by atoms with Gasteiger partial charge in [0.15, 0.2) is 0 Å². The Morgan fingerprint density at radius 3 is 0.600 bits per heavy atom. The first kappa shape index (κ1) is 71.1. The standard InChI is InChI=1S/C102H62N6.2Ir/c1-5-25-70(26-6-1)98-53-49-75(63-103-98)87-34-14-19-39-92(87)80-57-79(58-81(59-80)93-40-20-15-35-88(93)76-50-54-99(104-64-76)71-27-7-2-8-28-71)91-38-18-13-33-86(91)69-45-47-74(48-46-69)102-107-67-85(68-108-102)97-44-24-23-43-96(97)84-61-82(94-41-21-16-36-89(94)77-51-55-100(105-65-77)72-29-9-3-10-30-72)60-83(62-84)95-42-22-17-37-90(95)78-52-56-101(106-66-78)73-31-11-4-12-32-73;;/h1-25,27,29,31,33-46,49-68H;;/q-6;2*+3. The van der Waals surface area contributed by atoms with Crippen LogP contribution in [0.2, 0.25) is 0 Å². The van der Waals surface area contributed by atoms with Crippen molar-refractivity contribution in [3.8, 4) is 190 Å². The second-order valence-electron chi connectivity index (χ2n) is 26.4. The average molecular weight is 1760 g/mol. The second kappa shape index (κ2) is 32.5. The Kier molecular flexibility index (Phi) is 21.0. The van der Waals surface area contributed by atoms with Crippen LogP contribution in [-0.2, 0) is 40.2 Å². The van der Waals surface area contributed by atoms with Gasteiger partial charge in [0.2, 0.25) is 0 Å². The topological polar surface area (TPSA) is 77.3 Å². The number of rotatable bonds is 17. The normalized spacial score (nSPS) is 10.9. The van der Waals surface area contributed by atoms with E-state index in [1.165, 1.54) is 0 Å². The summed E-state index contributed by atoms with van der Waals surface area (Å²) in [6, 6.07) is 139. The molecule has 110 heavy (non-hydrogen) atoms. The van der Waals surface area contributed by atoms with Gasteiger partial charge in [-0.15, -0.1) is 144 Å². The first-order chi connectivity index (χ1) is 53.5. The molecule has 0 aliphatic rings. The minimum absolute atomic E-state index is 0. The van der Waals surface area contributed by atoms with Gasteiger partial charge in [0.05, 0.1) is 0 Å². The molecule has 18 rings (SSSR count). The summed E-state index contributed by atoms with van der Waals surface area (Å²) < 4.78 is 0. The Bertz CT molecular complexity index is 5550. The molecule has 0 N–H and O–H groups in total. The maximum Gasteiger partial charge on any atom is 3.00 e. The van der Waals surface area contributed by atoms with E-state index in [9.17, 15) is 0 Å². The van der Waals surface area contributed by atoms with Crippen molar-refractivity contribution < 1.29 is 40.2 Å². The van der Waals surface area contributed by atoms with Crippen molar-refractivity contribution in [2.75, 3.05) is 0 Å². The van der Waals surface area contributed by atoms with Crippen molar-refractivity contribution in [1.82, 2.24) is 29.9 Å². The molecule has 0 radical (unpaired) electrons. The zero-order valence-electron chi connectivity index (χ0n) is 59.1. The van der Waals surface area contributed by atoms with Gasteiger partial charge in [0, 0.05) is 42.7 Å². The molecule has 8 heteroatoms. The minimum atomic E-state index is 0. The van der Waals surface area contributed by atoms with Crippen LogP contribution in [0, 0.1) is 36.4 Å². The van der Waals surface area contributed by atoms with Crippen LogP contribution in [0.3, 0.4) is 0 Å². The van der Waals surface area contributed by atoms with Gasteiger partial charge in [0.25, 0.3) is 0 Å². The molecule has 0 saturated carbocycles. The minimum Gasteiger partial charge on any atom is -0.332 e. The van der Waals surface area contributed by atoms with E-state index >= 15 is 0 Å². The number of nitrogens with zero attached hydrogens (tertiary/aromatic N) is 6. The fourth-order valence-corrected chi connectivity index (χ4v) is 14.4. The van der Waals surface area contributed by atoms with E-state index in [0.29, 0.717) is 11.4 Å². The number of pyridine rings is 4. The zero-order valence-corrected chi connectivity index (χ0v) is 63.9. The number of aromatic nitrogens is 6. The third-order valence-electron chi connectivity index (χ3n) is 19.8. The molecule has 0 atom stereocenters. The van der Waals surface area contributed by atoms with Crippen LogP contribution in [0.5, 0.6) is 0 Å². The van der Waals surface area contributed by atoms with Gasteiger partial charge in [-0.1, -0.05) is 200 Å². The molecule has 0 amide bonds. The van der Waals surface area contributed by atoms with Crippen LogP contribution >= 0.6 is 0 Å². The van der Waals surface area contributed by atoms with E-state index < -0.39 is 0 Å². The molecule has 518 valence electrons. The summed E-state index contributed by atoms with van der Waals surface area (Å²) in [5.41, 5.74) is 32.8. The van der Waals surface area contributed by atoms with Gasteiger partial charge in [-0.3, -0.25) is 12.1 Å². The van der Waals surface area contributed by atoms with Crippen LogP contribution < -0.4 is 0 Å². The van der Waals surface area contributed by atoms with Gasteiger partial charge in [-0.05, 0) is 182 Å². The summed E-state index contributed by atoms with van der Waals surface area (Å²) in [4.78, 5) is 30.0. The summed E-state index contributed by atoms with van der Waals surface area (Å²) in [6.07, 6.45) is 11.7. The molecular weight excluding hydrogens is 1690 g/mol. The maximum absolute atomic E-state index is 5.07. The summed E-state index contributed by atoms with van der Waals surface area (Å²) in [5, 5.41) is 0. The van der Waals surface area contributed by atoms with E-state index in [0.717, 1.165) is 179 Å². The van der Waals surface area contributed by atoms with Crippen LogP contribution in [0.25, 0.3) is 190 Å². The Labute approximate surface area is 668 Å². The van der Waals surface area contributed by atoms with Gasteiger partial charge < -0.3 is 29.9 Å². The Balaban J connectivity index is 0.00000460. The Hall–Kier alpha value is -13.2. The molecule has 13 aromatic carbocycles. The molecule has 0 spiro atoms. The van der Waals surface area contributed by atoms with Crippen molar-refractivity contribution >= 4 is 0 Å². The van der Waals surface area contributed by atoms with Crippen LogP contribution in [0.1, 0.15) is 0 Å². The largest absolute Gasteiger partial charge is 3.00 e. The molecule has 5 aromatic heterocycles. The zero-order chi connectivity index (χ0) is 72.0. The molecule has 0 aliphatic carbocycles. The van der Waals surface area contributed by atoms with E-state index in [4.69, 9.17) is 29.9 Å². The first-order valence-corrected chi connectivity index (χ1v) is 35.9. The second-order valence-corrected chi connectivity index (χ2v) is 26.4. The molecule has 5 heterocycles.